The quantitative estimate of drug-likeness (QED) is 0.522. The van der Waals surface area contributed by atoms with E-state index in [1.165, 1.54) is 10.6 Å². The van der Waals surface area contributed by atoms with Crippen molar-refractivity contribution in [2.45, 2.75) is 24.9 Å². The molecule has 0 aliphatic carbocycles. The second-order valence-corrected chi connectivity index (χ2v) is 6.37. The summed E-state index contributed by atoms with van der Waals surface area (Å²) >= 11 is 0. The third-order valence-electron chi connectivity index (χ3n) is 4.74. The average Bonchev–Trinajstić information content (AvgIpc) is 2.98. The van der Waals surface area contributed by atoms with E-state index in [0.29, 0.717) is 5.69 Å². The number of halogens is 3. The normalized spacial score (nSPS) is 16.5. The van der Waals surface area contributed by atoms with Crippen LogP contribution >= 0.6 is 0 Å². The first-order valence-electron chi connectivity index (χ1n) is 8.16. The molecule has 0 unspecified atom stereocenters. The minimum absolute atomic E-state index is 0.0356. The Balaban J connectivity index is 2.03. The first-order valence-corrected chi connectivity index (χ1v) is 8.16. The lowest BCUT2D eigenvalue weighted by Crippen LogP contribution is -2.28. The number of aromatic amines is 1. The largest absolute Gasteiger partial charge is 0.416 e. The summed E-state index contributed by atoms with van der Waals surface area (Å²) in [5.41, 5.74) is 1.27. The summed E-state index contributed by atoms with van der Waals surface area (Å²) < 4.78 is 40.8. The van der Waals surface area contributed by atoms with E-state index in [1.54, 1.807) is 5.48 Å². The summed E-state index contributed by atoms with van der Waals surface area (Å²) in [6.45, 7) is 1.59. The van der Waals surface area contributed by atoms with Gasteiger partial charge in [0.25, 0.3) is 5.56 Å². The molecule has 4 N–H and O–H groups in total. The van der Waals surface area contributed by atoms with Crippen molar-refractivity contribution in [2.24, 2.45) is 0 Å². The molecule has 1 aliphatic rings. The molecule has 0 amide bonds. The molecule has 26 heavy (non-hydrogen) atoms. The van der Waals surface area contributed by atoms with Crippen LogP contribution in [0.2, 0.25) is 0 Å². The smallest absolute Gasteiger partial charge is 0.317 e. The molecule has 1 aromatic carbocycles. The van der Waals surface area contributed by atoms with E-state index >= 15 is 0 Å². The Morgan fingerprint density at radius 1 is 1.23 bits per heavy atom. The van der Waals surface area contributed by atoms with Crippen molar-refractivity contribution in [1.82, 2.24) is 19.9 Å². The number of rotatable bonds is 2. The van der Waals surface area contributed by atoms with Gasteiger partial charge in [-0.2, -0.15) is 18.3 Å². The van der Waals surface area contributed by atoms with Crippen LogP contribution in [0.25, 0.3) is 16.6 Å². The number of anilines is 1. The van der Waals surface area contributed by atoms with Crippen molar-refractivity contribution in [3.8, 4) is 0 Å². The third kappa shape index (κ3) is 2.71. The van der Waals surface area contributed by atoms with Gasteiger partial charge in [0.2, 0.25) is 0 Å². The Kier molecular flexibility index (Phi) is 3.88. The number of nitrogens with one attached hydrogen (secondary N) is 3. The second-order valence-electron chi connectivity index (χ2n) is 6.37. The number of fused-ring (bicyclic) bond motifs is 3. The van der Waals surface area contributed by atoms with Crippen LogP contribution in [0.5, 0.6) is 0 Å². The van der Waals surface area contributed by atoms with Gasteiger partial charge in [0, 0.05) is 12.0 Å². The highest BCUT2D eigenvalue weighted by molar-refractivity contribution is 6.02. The van der Waals surface area contributed by atoms with E-state index in [1.807, 2.05) is 0 Å². The van der Waals surface area contributed by atoms with Gasteiger partial charge in [-0.3, -0.25) is 15.5 Å². The fourth-order valence-electron chi connectivity index (χ4n) is 3.53. The molecule has 1 aliphatic heterocycles. The number of H-pyrrole nitrogens is 1. The number of aromatic nitrogens is 3. The Morgan fingerprint density at radius 2 is 1.96 bits per heavy atom. The van der Waals surface area contributed by atoms with Gasteiger partial charge in [-0.15, -0.1) is 0 Å². The molecule has 1 fully saturated rings. The maximum atomic E-state index is 13.1. The fraction of sp³-hybridized carbons (Fsp3) is 0.375. The number of hydrogen-bond acceptors (Lipinski definition) is 5. The second kappa shape index (κ2) is 5.99. The summed E-state index contributed by atoms with van der Waals surface area (Å²) in [5.74, 6) is 0.0722. The molecule has 3 aromatic rings. The summed E-state index contributed by atoms with van der Waals surface area (Å²) in [7, 11) is 0. The summed E-state index contributed by atoms with van der Waals surface area (Å²) in [6.07, 6.45) is -2.98. The molecule has 3 heterocycles. The van der Waals surface area contributed by atoms with Gasteiger partial charge in [-0.05, 0) is 38.1 Å². The Hall–Kier alpha value is -2.59. The molecule has 0 saturated carbocycles. The highest BCUT2D eigenvalue weighted by Crippen LogP contribution is 2.37. The van der Waals surface area contributed by atoms with E-state index in [2.05, 4.69) is 15.4 Å². The molecule has 0 radical (unpaired) electrons. The van der Waals surface area contributed by atoms with Gasteiger partial charge in [-0.25, -0.2) is 4.52 Å². The lowest BCUT2D eigenvalue weighted by Gasteiger charge is -2.23. The average molecular weight is 367 g/mol. The van der Waals surface area contributed by atoms with Crippen LogP contribution in [-0.4, -0.2) is 32.9 Å². The van der Waals surface area contributed by atoms with Crippen molar-refractivity contribution in [3.63, 3.8) is 0 Å². The lowest BCUT2D eigenvalue weighted by atomic mass is 9.94. The van der Waals surface area contributed by atoms with Crippen LogP contribution in [0.4, 0.5) is 18.9 Å². The predicted octanol–water partition coefficient (Wildman–Crippen LogP) is 2.46. The minimum atomic E-state index is -4.58. The molecule has 2 aromatic heterocycles. The van der Waals surface area contributed by atoms with Crippen LogP contribution in [0.15, 0.2) is 23.0 Å². The first kappa shape index (κ1) is 16.9. The molecule has 7 nitrogen and oxygen atoms in total. The number of benzene rings is 1. The summed E-state index contributed by atoms with van der Waals surface area (Å²) in [4.78, 5) is 14.8. The third-order valence-corrected chi connectivity index (χ3v) is 4.74. The SMILES string of the molecule is O=c1cc(C2CCNCC2)n2nc3cc(C(F)(F)F)cc(NO)c3c2[nH]1. The zero-order valence-electron chi connectivity index (χ0n) is 13.5. The highest BCUT2D eigenvalue weighted by Gasteiger charge is 2.32. The molecule has 10 heteroatoms. The van der Waals surface area contributed by atoms with Crippen LogP contribution in [0, 0.1) is 0 Å². The maximum absolute atomic E-state index is 13.1. The molecule has 0 spiro atoms. The van der Waals surface area contributed by atoms with E-state index in [4.69, 9.17) is 0 Å². The standard InChI is InChI=1S/C16H16F3N5O2/c17-16(18,19)9-5-10-14(11(6-9)23-26)15-21-13(25)7-12(24(15)22-10)8-1-3-20-4-2-8/h5-8,20,23,26H,1-4H2,(H,21,25). The number of hydrogen-bond donors (Lipinski definition) is 4. The monoisotopic (exact) mass is 367 g/mol. The van der Waals surface area contributed by atoms with Crippen LogP contribution < -0.4 is 16.4 Å². The Bertz CT molecular complexity index is 1030. The predicted molar refractivity (Wildman–Crippen MR) is 88.6 cm³/mol. The highest BCUT2D eigenvalue weighted by atomic mass is 19.4. The van der Waals surface area contributed by atoms with Gasteiger partial charge in [0.15, 0.2) is 0 Å². The van der Waals surface area contributed by atoms with Crippen LogP contribution in [-0.2, 0) is 6.18 Å². The van der Waals surface area contributed by atoms with Crippen molar-refractivity contribution in [2.75, 3.05) is 18.6 Å². The number of alkyl halides is 3. The topological polar surface area (TPSA) is 94.5 Å². The van der Waals surface area contributed by atoms with E-state index < -0.39 is 11.7 Å². The van der Waals surface area contributed by atoms with Gasteiger partial charge in [-0.1, -0.05) is 0 Å². The maximum Gasteiger partial charge on any atom is 0.416 e. The van der Waals surface area contributed by atoms with E-state index in [9.17, 15) is 23.2 Å². The molecule has 0 bridgehead atoms. The van der Waals surface area contributed by atoms with Crippen molar-refractivity contribution >= 4 is 22.2 Å². The Labute approximate surface area is 144 Å². The first-order chi connectivity index (χ1) is 12.4. The van der Waals surface area contributed by atoms with Crippen LogP contribution in [0.3, 0.4) is 0 Å². The van der Waals surface area contributed by atoms with Gasteiger partial charge < -0.3 is 10.3 Å². The van der Waals surface area contributed by atoms with Gasteiger partial charge in [0.1, 0.15) is 5.65 Å². The molecule has 1 saturated heterocycles. The molecular formula is C16H16F3N5O2. The zero-order valence-corrected chi connectivity index (χ0v) is 13.5. The van der Waals surface area contributed by atoms with E-state index in [-0.39, 0.29) is 33.7 Å². The zero-order chi connectivity index (χ0) is 18.5. The molecule has 138 valence electrons. The van der Waals surface area contributed by atoms with Crippen molar-refractivity contribution in [3.05, 3.63) is 39.8 Å². The Morgan fingerprint density at radius 3 is 2.62 bits per heavy atom. The molecule has 4 rings (SSSR count). The molecule has 0 atom stereocenters. The molecular weight excluding hydrogens is 351 g/mol. The number of nitrogens with zero attached hydrogens (tertiary/aromatic N) is 2. The minimum Gasteiger partial charge on any atom is -0.317 e. The van der Waals surface area contributed by atoms with Crippen LogP contribution in [0.1, 0.15) is 30.0 Å². The number of piperidine rings is 1. The lowest BCUT2D eigenvalue weighted by molar-refractivity contribution is -0.137. The van der Waals surface area contributed by atoms with Crippen molar-refractivity contribution < 1.29 is 18.4 Å². The summed E-state index contributed by atoms with van der Waals surface area (Å²) in [5, 5.41) is 17.1. The van der Waals surface area contributed by atoms with E-state index in [0.717, 1.165) is 38.1 Å². The summed E-state index contributed by atoms with van der Waals surface area (Å²) in [6, 6.07) is 3.14. The van der Waals surface area contributed by atoms with Crippen molar-refractivity contribution in [1.29, 1.82) is 0 Å². The fourth-order valence-corrected chi connectivity index (χ4v) is 3.53. The van der Waals surface area contributed by atoms with Gasteiger partial charge >= 0.3 is 6.18 Å². The van der Waals surface area contributed by atoms with Gasteiger partial charge in [0.05, 0.1) is 27.8 Å².